The van der Waals surface area contributed by atoms with Crippen LogP contribution in [0.3, 0.4) is 0 Å². The lowest BCUT2D eigenvalue weighted by atomic mass is 10.1. The second-order valence-electron chi connectivity index (χ2n) is 7.54. The Labute approximate surface area is 180 Å². The third-order valence-corrected chi connectivity index (χ3v) is 7.35. The van der Waals surface area contributed by atoms with Crippen LogP contribution in [-0.2, 0) is 10.0 Å². The van der Waals surface area contributed by atoms with Gasteiger partial charge in [0.05, 0.1) is 17.7 Å². The van der Waals surface area contributed by atoms with E-state index < -0.39 is 10.0 Å². The Kier molecular flexibility index (Phi) is 4.37. The van der Waals surface area contributed by atoms with Crippen molar-refractivity contribution in [2.75, 3.05) is 7.11 Å². The van der Waals surface area contributed by atoms with Gasteiger partial charge in [0, 0.05) is 34.2 Å². The monoisotopic (exact) mass is 431 g/mol. The van der Waals surface area contributed by atoms with E-state index in [9.17, 15) is 8.42 Å². The molecule has 0 aliphatic heterocycles. The maximum atomic E-state index is 13.8. The topological polar surface area (TPSA) is 77.0 Å². The molecule has 2 aromatic carbocycles. The predicted octanol–water partition coefficient (Wildman–Crippen LogP) is 5.05. The number of rotatable bonds is 4. The fourth-order valence-corrected chi connectivity index (χ4v) is 5.56. The Bertz CT molecular complexity index is 1540. The standard InChI is InChI=1S/C24H21N3O3S/c1-15-6-9-18(10-7-15)31(28,29)27-23(16(2)19-5-4-12-25-24(19)27)21-14-26-22-11-8-17(30-3)13-20(21)22/h4-14,26H,1-3H3. The molecule has 0 spiro atoms. The van der Waals surface area contributed by atoms with Gasteiger partial charge in [-0.3, -0.25) is 0 Å². The highest BCUT2D eigenvalue weighted by Crippen LogP contribution is 2.39. The fourth-order valence-electron chi connectivity index (χ4n) is 4.02. The van der Waals surface area contributed by atoms with Crippen LogP contribution in [0, 0.1) is 13.8 Å². The largest absolute Gasteiger partial charge is 0.497 e. The molecule has 7 heteroatoms. The van der Waals surface area contributed by atoms with E-state index in [2.05, 4.69) is 9.97 Å². The number of methoxy groups -OCH3 is 1. The van der Waals surface area contributed by atoms with E-state index in [1.54, 1.807) is 37.6 Å². The van der Waals surface area contributed by atoms with E-state index in [4.69, 9.17) is 4.74 Å². The van der Waals surface area contributed by atoms with Crippen LogP contribution < -0.4 is 4.74 Å². The van der Waals surface area contributed by atoms with Gasteiger partial charge in [-0.05, 0) is 61.9 Å². The van der Waals surface area contributed by atoms with Crippen molar-refractivity contribution >= 4 is 32.0 Å². The Morgan fingerprint density at radius 2 is 1.77 bits per heavy atom. The Hall–Kier alpha value is -3.58. The van der Waals surface area contributed by atoms with Crippen LogP contribution in [0.4, 0.5) is 0 Å². The summed E-state index contributed by atoms with van der Waals surface area (Å²) in [5.41, 5.74) is 4.52. The quantitative estimate of drug-likeness (QED) is 0.432. The molecule has 0 aliphatic carbocycles. The average Bonchev–Trinajstić information content (AvgIpc) is 3.32. The van der Waals surface area contributed by atoms with E-state index in [0.29, 0.717) is 17.1 Å². The van der Waals surface area contributed by atoms with Gasteiger partial charge in [-0.2, -0.15) is 0 Å². The summed E-state index contributed by atoms with van der Waals surface area (Å²) in [5, 5.41) is 1.68. The molecule has 3 aromatic heterocycles. The van der Waals surface area contributed by atoms with Crippen LogP contribution in [0.1, 0.15) is 11.1 Å². The first-order chi connectivity index (χ1) is 14.9. The van der Waals surface area contributed by atoms with Gasteiger partial charge in [0.25, 0.3) is 10.0 Å². The van der Waals surface area contributed by atoms with Gasteiger partial charge in [0.15, 0.2) is 5.65 Å². The summed E-state index contributed by atoms with van der Waals surface area (Å²) < 4.78 is 34.4. The minimum Gasteiger partial charge on any atom is -0.497 e. The highest BCUT2D eigenvalue weighted by atomic mass is 32.2. The number of ether oxygens (including phenoxy) is 1. The first-order valence-electron chi connectivity index (χ1n) is 9.85. The minimum absolute atomic E-state index is 0.222. The van der Waals surface area contributed by atoms with E-state index in [1.807, 2.05) is 50.4 Å². The van der Waals surface area contributed by atoms with Crippen molar-refractivity contribution in [3.8, 4) is 17.0 Å². The number of aromatic nitrogens is 3. The molecule has 0 amide bonds. The molecule has 156 valence electrons. The van der Waals surface area contributed by atoms with E-state index in [1.165, 1.54) is 3.97 Å². The van der Waals surface area contributed by atoms with Crippen molar-refractivity contribution in [3.63, 3.8) is 0 Å². The van der Waals surface area contributed by atoms with Crippen molar-refractivity contribution in [2.24, 2.45) is 0 Å². The SMILES string of the molecule is COc1ccc2[nH]cc(-c3c(C)c4cccnc4n3S(=O)(=O)c3ccc(C)cc3)c2c1. The molecule has 1 N–H and O–H groups in total. The number of hydrogen-bond acceptors (Lipinski definition) is 4. The average molecular weight is 432 g/mol. The normalized spacial score (nSPS) is 12.0. The summed E-state index contributed by atoms with van der Waals surface area (Å²) in [6.45, 7) is 3.86. The summed E-state index contributed by atoms with van der Waals surface area (Å²) in [6.07, 6.45) is 3.46. The number of hydrogen-bond donors (Lipinski definition) is 1. The summed E-state index contributed by atoms with van der Waals surface area (Å²) >= 11 is 0. The molecule has 5 aromatic rings. The molecule has 0 fully saturated rings. The third-order valence-electron chi connectivity index (χ3n) is 5.64. The van der Waals surface area contributed by atoms with Gasteiger partial charge in [-0.15, -0.1) is 0 Å². The number of aryl methyl sites for hydroxylation is 2. The number of H-pyrrole nitrogens is 1. The molecule has 3 heterocycles. The van der Waals surface area contributed by atoms with Crippen LogP contribution in [0.25, 0.3) is 33.2 Å². The number of nitrogens with zero attached hydrogens (tertiary/aromatic N) is 2. The summed E-state index contributed by atoms with van der Waals surface area (Å²) in [5.74, 6) is 0.702. The number of pyridine rings is 1. The Morgan fingerprint density at radius 1 is 1.00 bits per heavy atom. The summed E-state index contributed by atoms with van der Waals surface area (Å²) in [7, 11) is -2.28. The molecular formula is C24H21N3O3S. The second-order valence-corrected chi connectivity index (χ2v) is 9.33. The number of benzene rings is 2. The van der Waals surface area contributed by atoms with Crippen molar-refractivity contribution in [1.82, 2.24) is 13.9 Å². The molecule has 0 radical (unpaired) electrons. The summed E-state index contributed by atoms with van der Waals surface area (Å²) in [6, 6.07) is 16.3. The van der Waals surface area contributed by atoms with Crippen molar-refractivity contribution < 1.29 is 13.2 Å². The van der Waals surface area contributed by atoms with Crippen molar-refractivity contribution in [3.05, 3.63) is 78.1 Å². The molecule has 0 unspecified atom stereocenters. The van der Waals surface area contributed by atoms with Crippen LogP contribution in [0.15, 0.2) is 71.9 Å². The lowest BCUT2D eigenvalue weighted by Gasteiger charge is -2.12. The maximum Gasteiger partial charge on any atom is 0.269 e. The molecule has 5 rings (SSSR count). The van der Waals surface area contributed by atoms with E-state index in [-0.39, 0.29) is 4.90 Å². The highest BCUT2D eigenvalue weighted by molar-refractivity contribution is 7.90. The molecule has 0 atom stereocenters. The first-order valence-corrected chi connectivity index (χ1v) is 11.3. The zero-order valence-corrected chi connectivity index (χ0v) is 18.2. The lowest BCUT2D eigenvalue weighted by Crippen LogP contribution is -2.15. The van der Waals surface area contributed by atoms with E-state index in [0.717, 1.165) is 33.0 Å². The lowest BCUT2D eigenvalue weighted by molar-refractivity contribution is 0.415. The zero-order chi connectivity index (χ0) is 21.8. The van der Waals surface area contributed by atoms with E-state index >= 15 is 0 Å². The van der Waals surface area contributed by atoms with Gasteiger partial charge in [0.1, 0.15) is 5.75 Å². The van der Waals surface area contributed by atoms with Crippen molar-refractivity contribution in [1.29, 1.82) is 0 Å². The maximum absolute atomic E-state index is 13.8. The first kappa shape index (κ1) is 19.4. The van der Waals surface area contributed by atoms with Crippen LogP contribution in [0.5, 0.6) is 5.75 Å². The smallest absolute Gasteiger partial charge is 0.269 e. The van der Waals surface area contributed by atoms with Crippen LogP contribution in [0.2, 0.25) is 0 Å². The number of fused-ring (bicyclic) bond motifs is 2. The number of aromatic amines is 1. The van der Waals surface area contributed by atoms with Gasteiger partial charge >= 0.3 is 0 Å². The zero-order valence-electron chi connectivity index (χ0n) is 17.4. The second kappa shape index (κ2) is 6.99. The molecular weight excluding hydrogens is 410 g/mol. The highest BCUT2D eigenvalue weighted by Gasteiger charge is 2.28. The predicted molar refractivity (Wildman–Crippen MR) is 122 cm³/mol. The molecule has 0 aliphatic rings. The van der Waals surface area contributed by atoms with Crippen LogP contribution in [-0.4, -0.2) is 29.5 Å². The number of nitrogens with one attached hydrogen (secondary N) is 1. The van der Waals surface area contributed by atoms with Gasteiger partial charge < -0.3 is 9.72 Å². The molecule has 6 nitrogen and oxygen atoms in total. The van der Waals surface area contributed by atoms with Crippen LogP contribution >= 0.6 is 0 Å². The van der Waals surface area contributed by atoms with Gasteiger partial charge in [-0.25, -0.2) is 17.4 Å². The molecule has 0 saturated carbocycles. The fraction of sp³-hybridized carbons (Fsp3) is 0.125. The Balaban J connectivity index is 1.89. The molecule has 31 heavy (non-hydrogen) atoms. The van der Waals surface area contributed by atoms with Gasteiger partial charge in [0.2, 0.25) is 0 Å². The van der Waals surface area contributed by atoms with Crippen molar-refractivity contribution in [2.45, 2.75) is 18.7 Å². The Morgan fingerprint density at radius 3 is 2.52 bits per heavy atom. The third kappa shape index (κ3) is 2.92. The molecule has 0 saturated heterocycles. The molecule has 0 bridgehead atoms. The minimum atomic E-state index is -3.89. The van der Waals surface area contributed by atoms with Gasteiger partial charge in [-0.1, -0.05) is 17.7 Å². The summed E-state index contributed by atoms with van der Waals surface area (Å²) in [4.78, 5) is 7.92.